The average Bonchev–Trinajstić information content (AvgIpc) is 2.51. The van der Waals surface area contributed by atoms with E-state index in [1.807, 2.05) is 0 Å². The number of halogens is 2. The van der Waals surface area contributed by atoms with Crippen molar-refractivity contribution in [2.24, 2.45) is 0 Å². The number of imide groups is 1. The molecule has 0 aliphatic carbocycles. The van der Waals surface area contributed by atoms with Gasteiger partial charge in [0, 0.05) is 5.02 Å². The molecule has 1 fully saturated rings. The van der Waals surface area contributed by atoms with Gasteiger partial charge >= 0.3 is 0 Å². The average molecular weight is 277 g/mol. The van der Waals surface area contributed by atoms with E-state index >= 15 is 0 Å². The number of carbonyl (C=O) groups excluding carboxylic acids is 2. The smallest absolute Gasteiger partial charge is 0.288 e. The van der Waals surface area contributed by atoms with E-state index < -0.39 is 5.37 Å². The van der Waals surface area contributed by atoms with Crippen LogP contribution in [0.15, 0.2) is 18.2 Å². The minimum atomic E-state index is -0.663. The topological polar surface area (TPSA) is 58.2 Å². The van der Waals surface area contributed by atoms with Gasteiger partial charge in [-0.15, -0.1) is 0 Å². The molecule has 2 amide bonds. The standard InChI is InChI=1S/C9H6Cl2N2O2S/c10-4-1-2-5(11)6(3-4)12-8-7(14)13-9(15)16-8/h1-3,8,12H,(H,13,14,15)/t8-/m1/s1. The highest BCUT2D eigenvalue weighted by Gasteiger charge is 2.31. The third kappa shape index (κ3) is 2.42. The highest BCUT2D eigenvalue weighted by Crippen LogP contribution is 2.29. The molecule has 2 rings (SSSR count). The van der Waals surface area contributed by atoms with Crippen LogP contribution in [0.25, 0.3) is 0 Å². The summed E-state index contributed by atoms with van der Waals surface area (Å²) < 4.78 is 0. The molecule has 4 nitrogen and oxygen atoms in total. The Labute approximate surface area is 106 Å². The van der Waals surface area contributed by atoms with Crippen LogP contribution in [0.4, 0.5) is 10.5 Å². The van der Waals surface area contributed by atoms with Gasteiger partial charge < -0.3 is 5.32 Å². The number of anilines is 1. The van der Waals surface area contributed by atoms with E-state index in [0.29, 0.717) is 15.7 Å². The summed E-state index contributed by atoms with van der Waals surface area (Å²) in [6, 6.07) is 4.86. The molecule has 0 aromatic heterocycles. The van der Waals surface area contributed by atoms with Crippen molar-refractivity contribution in [2.45, 2.75) is 5.37 Å². The molecule has 0 spiro atoms. The predicted molar refractivity (Wildman–Crippen MR) is 65.0 cm³/mol. The molecule has 0 radical (unpaired) electrons. The fourth-order valence-electron chi connectivity index (χ4n) is 1.20. The van der Waals surface area contributed by atoms with Gasteiger partial charge in [0.15, 0.2) is 5.37 Å². The molecule has 1 atom stereocenters. The van der Waals surface area contributed by atoms with Crippen LogP contribution in [-0.4, -0.2) is 16.5 Å². The first-order valence-electron chi connectivity index (χ1n) is 4.29. The molecule has 16 heavy (non-hydrogen) atoms. The molecular formula is C9H6Cl2N2O2S. The van der Waals surface area contributed by atoms with Crippen molar-refractivity contribution in [1.29, 1.82) is 0 Å². The van der Waals surface area contributed by atoms with Crippen LogP contribution in [-0.2, 0) is 4.79 Å². The Balaban J connectivity index is 2.18. The first-order valence-corrected chi connectivity index (χ1v) is 5.93. The first-order chi connectivity index (χ1) is 7.56. The molecular weight excluding hydrogens is 271 g/mol. The second kappa shape index (κ2) is 4.53. The van der Waals surface area contributed by atoms with Crippen LogP contribution in [0.1, 0.15) is 0 Å². The normalized spacial score (nSPS) is 19.8. The Morgan fingerprint density at radius 2 is 2.06 bits per heavy atom. The van der Waals surface area contributed by atoms with Crippen LogP contribution in [0.3, 0.4) is 0 Å². The van der Waals surface area contributed by atoms with E-state index in [9.17, 15) is 9.59 Å². The molecule has 0 saturated carbocycles. The molecule has 2 N–H and O–H groups in total. The lowest BCUT2D eigenvalue weighted by atomic mass is 10.3. The largest absolute Gasteiger partial charge is 0.364 e. The maximum absolute atomic E-state index is 11.3. The maximum atomic E-state index is 11.3. The van der Waals surface area contributed by atoms with Crippen molar-refractivity contribution in [3.63, 3.8) is 0 Å². The highest BCUT2D eigenvalue weighted by molar-refractivity contribution is 8.15. The van der Waals surface area contributed by atoms with Gasteiger partial charge in [-0.3, -0.25) is 14.9 Å². The number of hydrogen-bond donors (Lipinski definition) is 2. The summed E-state index contributed by atoms with van der Waals surface area (Å²) in [4.78, 5) is 22.2. The molecule has 84 valence electrons. The van der Waals surface area contributed by atoms with Crippen LogP contribution in [0.5, 0.6) is 0 Å². The second-order valence-corrected chi connectivity index (χ2v) is 4.96. The van der Waals surface area contributed by atoms with Crippen molar-refractivity contribution < 1.29 is 9.59 Å². The summed E-state index contributed by atoms with van der Waals surface area (Å²) in [5.74, 6) is -0.383. The Morgan fingerprint density at radius 3 is 2.69 bits per heavy atom. The van der Waals surface area contributed by atoms with E-state index in [-0.39, 0.29) is 11.1 Å². The molecule has 1 aromatic carbocycles. The SMILES string of the molecule is O=C1NC(=O)[C@H](Nc2cc(Cl)ccc2Cl)S1. The van der Waals surface area contributed by atoms with Crippen molar-refractivity contribution in [1.82, 2.24) is 5.32 Å². The summed E-state index contributed by atoms with van der Waals surface area (Å²) in [7, 11) is 0. The van der Waals surface area contributed by atoms with Crippen LogP contribution in [0, 0.1) is 0 Å². The minimum Gasteiger partial charge on any atom is -0.364 e. The van der Waals surface area contributed by atoms with E-state index in [1.54, 1.807) is 18.2 Å². The zero-order valence-corrected chi connectivity index (χ0v) is 10.1. The van der Waals surface area contributed by atoms with Crippen LogP contribution >= 0.6 is 35.0 Å². The van der Waals surface area contributed by atoms with Gasteiger partial charge in [-0.2, -0.15) is 0 Å². The summed E-state index contributed by atoms with van der Waals surface area (Å²) in [6.07, 6.45) is 0. The minimum absolute atomic E-state index is 0.374. The number of thioether (sulfide) groups is 1. The van der Waals surface area contributed by atoms with Crippen LogP contribution in [0.2, 0.25) is 10.0 Å². The third-order valence-electron chi connectivity index (χ3n) is 1.90. The van der Waals surface area contributed by atoms with Gasteiger partial charge in [0.2, 0.25) is 0 Å². The predicted octanol–water partition coefficient (Wildman–Crippen LogP) is 2.71. The number of rotatable bonds is 2. The monoisotopic (exact) mass is 276 g/mol. The Morgan fingerprint density at radius 1 is 1.31 bits per heavy atom. The molecule has 1 aromatic rings. The molecule has 7 heteroatoms. The highest BCUT2D eigenvalue weighted by atomic mass is 35.5. The Bertz CT molecular complexity index is 467. The first kappa shape index (κ1) is 11.6. The van der Waals surface area contributed by atoms with Gasteiger partial charge in [0.05, 0.1) is 10.7 Å². The van der Waals surface area contributed by atoms with Gasteiger partial charge in [-0.25, -0.2) is 0 Å². The van der Waals surface area contributed by atoms with Crippen molar-refractivity contribution in [3.05, 3.63) is 28.2 Å². The third-order valence-corrected chi connectivity index (χ3v) is 3.35. The van der Waals surface area contributed by atoms with E-state index in [4.69, 9.17) is 23.2 Å². The molecule has 1 aliphatic rings. The lowest BCUT2D eigenvalue weighted by Gasteiger charge is -2.11. The van der Waals surface area contributed by atoms with E-state index in [0.717, 1.165) is 11.8 Å². The van der Waals surface area contributed by atoms with Crippen molar-refractivity contribution >= 4 is 51.8 Å². The Hall–Kier alpha value is -0.910. The summed E-state index contributed by atoms with van der Waals surface area (Å²) in [5, 5.41) is 4.92. The molecule has 0 bridgehead atoms. The lowest BCUT2D eigenvalue weighted by molar-refractivity contribution is -0.118. The van der Waals surface area contributed by atoms with Gasteiger partial charge in [0.25, 0.3) is 11.1 Å². The van der Waals surface area contributed by atoms with Crippen molar-refractivity contribution in [3.8, 4) is 0 Å². The fourth-order valence-corrected chi connectivity index (χ4v) is 2.27. The number of carbonyl (C=O) groups is 2. The zero-order valence-electron chi connectivity index (χ0n) is 7.79. The van der Waals surface area contributed by atoms with Gasteiger partial charge in [0.1, 0.15) is 0 Å². The van der Waals surface area contributed by atoms with E-state index in [1.165, 1.54) is 0 Å². The maximum Gasteiger partial charge on any atom is 0.288 e. The molecule has 1 aliphatic heterocycles. The summed E-state index contributed by atoms with van der Waals surface area (Å²) >= 11 is 12.6. The number of benzene rings is 1. The van der Waals surface area contributed by atoms with Gasteiger partial charge in [-0.1, -0.05) is 23.2 Å². The molecule has 1 saturated heterocycles. The lowest BCUT2D eigenvalue weighted by Crippen LogP contribution is -2.29. The second-order valence-electron chi connectivity index (χ2n) is 3.04. The van der Waals surface area contributed by atoms with Crippen LogP contribution < -0.4 is 10.6 Å². The van der Waals surface area contributed by atoms with Gasteiger partial charge in [-0.05, 0) is 30.0 Å². The number of amides is 2. The zero-order chi connectivity index (χ0) is 11.7. The molecule has 1 heterocycles. The van der Waals surface area contributed by atoms with E-state index in [2.05, 4.69) is 10.6 Å². The summed E-state index contributed by atoms with van der Waals surface area (Å²) in [6.45, 7) is 0. The van der Waals surface area contributed by atoms with Crippen molar-refractivity contribution in [2.75, 3.05) is 5.32 Å². The molecule has 0 unspecified atom stereocenters. The fraction of sp³-hybridized carbons (Fsp3) is 0.111. The number of nitrogens with one attached hydrogen (secondary N) is 2. The summed E-state index contributed by atoms with van der Waals surface area (Å²) in [5.41, 5.74) is 0.525. The number of hydrogen-bond acceptors (Lipinski definition) is 4. The quantitative estimate of drug-likeness (QED) is 0.872. The Kier molecular flexibility index (Phi) is 3.28.